The maximum absolute atomic E-state index is 11.8. The van der Waals surface area contributed by atoms with Crippen LogP contribution < -0.4 is 11.1 Å². The lowest BCUT2D eigenvalue weighted by atomic mass is 10.2. The normalized spacial score (nSPS) is 10.5. The molecule has 1 amide bonds. The second kappa shape index (κ2) is 9.37. The van der Waals surface area contributed by atoms with Gasteiger partial charge in [-0.15, -0.1) is 0 Å². The molecule has 0 unspecified atom stereocenters. The van der Waals surface area contributed by atoms with Gasteiger partial charge in [-0.05, 0) is 31.0 Å². The van der Waals surface area contributed by atoms with E-state index in [-0.39, 0.29) is 5.91 Å². The van der Waals surface area contributed by atoms with Gasteiger partial charge in [0.2, 0.25) is 5.91 Å². The van der Waals surface area contributed by atoms with Crippen LogP contribution in [-0.2, 0) is 9.53 Å². The van der Waals surface area contributed by atoms with Crippen molar-refractivity contribution in [3.63, 3.8) is 0 Å². The molecule has 112 valence electrons. The molecule has 4 nitrogen and oxygen atoms in total. The van der Waals surface area contributed by atoms with Gasteiger partial charge in [0.15, 0.2) is 0 Å². The van der Waals surface area contributed by atoms with E-state index in [0.717, 1.165) is 24.3 Å². The highest BCUT2D eigenvalue weighted by molar-refractivity contribution is 5.92. The summed E-state index contributed by atoms with van der Waals surface area (Å²) in [6.45, 7) is 5.34. The lowest BCUT2D eigenvalue weighted by Gasteiger charge is -2.09. The molecule has 4 heteroatoms. The van der Waals surface area contributed by atoms with E-state index in [9.17, 15) is 4.79 Å². The van der Waals surface area contributed by atoms with Crippen molar-refractivity contribution in [3.05, 3.63) is 23.8 Å². The van der Waals surface area contributed by atoms with Crippen molar-refractivity contribution in [3.8, 4) is 0 Å². The van der Waals surface area contributed by atoms with Crippen LogP contribution in [0.15, 0.2) is 18.2 Å². The van der Waals surface area contributed by atoms with Gasteiger partial charge >= 0.3 is 0 Å². The summed E-state index contributed by atoms with van der Waals surface area (Å²) in [6.07, 6.45) is 5.12. The fourth-order valence-corrected chi connectivity index (χ4v) is 1.88. The van der Waals surface area contributed by atoms with Crippen LogP contribution in [0.1, 0.15) is 44.6 Å². The third-order valence-corrected chi connectivity index (χ3v) is 3.15. The van der Waals surface area contributed by atoms with Crippen molar-refractivity contribution in [2.45, 2.75) is 46.0 Å². The van der Waals surface area contributed by atoms with Crippen LogP contribution in [0.25, 0.3) is 0 Å². The third-order valence-electron chi connectivity index (χ3n) is 3.15. The number of nitrogens with one attached hydrogen (secondary N) is 1. The number of hydrogen-bond acceptors (Lipinski definition) is 3. The van der Waals surface area contributed by atoms with Crippen LogP contribution in [0.2, 0.25) is 0 Å². The zero-order valence-corrected chi connectivity index (χ0v) is 12.6. The number of carbonyl (C=O) groups excluding carboxylic acids is 1. The van der Waals surface area contributed by atoms with Crippen LogP contribution >= 0.6 is 0 Å². The minimum Gasteiger partial charge on any atom is -0.399 e. The summed E-state index contributed by atoms with van der Waals surface area (Å²) in [5, 5.41) is 2.86. The molecule has 0 atom stereocenters. The Bertz CT molecular complexity index is 419. The number of anilines is 2. The highest BCUT2D eigenvalue weighted by Gasteiger charge is 2.05. The molecule has 0 heterocycles. The van der Waals surface area contributed by atoms with Gasteiger partial charge in [0.05, 0.1) is 13.0 Å². The highest BCUT2D eigenvalue weighted by atomic mass is 16.5. The largest absolute Gasteiger partial charge is 0.399 e. The van der Waals surface area contributed by atoms with E-state index in [1.165, 1.54) is 19.3 Å². The van der Waals surface area contributed by atoms with Crippen LogP contribution in [0.4, 0.5) is 11.4 Å². The van der Waals surface area contributed by atoms with E-state index in [0.29, 0.717) is 18.7 Å². The van der Waals surface area contributed by atoms with Crippen LogP contribution in [-0.4, -0.2) is 19.1 Å². The Labute approximate surface area is 121 Å². The second-order valence-corrected chi connectivity index (χ2v) is 5.05. The van der Waals surface area contributed by atoms with E-state index in [1.807, 2.05) is 19.1 Å². The average molecular weight is 278 g/mol. The number of benzene rings is 1. The second-order valence-electron chi connectivity index (χ2n) is 5.05. The number of rotatable bonds is 9. The molecular formula is C16H26N2O2. The molecule has 0 radical (unpaired) electrons. The molecule has 0 aliphatic heterocycles. The smallest absolute Gasteiger partial charge is 0.226 e. The third kappa shape index (κ3) is 6.57. The average Bonchev–Trinajstić information content (AvgIpc) is 2.42. The first-order valence-electron chi connectivity index (χ1n) is 7.37. The molecule has 0 aromatic heterocycles. The van der Waals surface area contributed by atoms with E-state index in [4.69, 9.17) is 10.5 Å². The van der Waals surface area contributed by atoms with Crippen molar-refractivity contribution < 1.29 is 9.53 Å². The number of aryl methyl sites for hydroxylation is 1. The Morgan fingerprint density at radius 1 is 1.25 bits per heavy atom. The minimum absolute atomic E-state index is 0.0349. The predicted octanol–water partition coefficient (Wildman–Crippen LogP) is 3.50. The summed E-state index contributed by atoms with van der Waals surface area (Å²) < 4.78 is 5.46. The minimum atomic E-state index is -0.0349. The molecule has 0 aliphatic rings. The fourth-order valence-electron chi connectivity index (χ4n) is 1.88. The Morgan fingerprint density at radius 3 is 2.80 bits per heavy atom. The van der Waals surface area contributed by atoms with Crippen molar-refractivity contribution in [1.82, 2.24) is 0 Å². The molecule has 3 N–H and O–H groups in total. The zero-order chi connectivity index (χ0) is 14.8. The zero-order valence-electron chi connectivity index (χ0n) is 12.6. The molecule has 0 aliphatic carbocycles. The summed E-state index contributed by atoms with van der Waals surface area (Å²) in [4.78, 5) is 11.8. The molecule has 0 spiro atoms. The van der Waals surface area contributed by atoms with Crippen LogP contribution in [0.5, 0.6) is 0 Å². The molecule has 20 heavy (non-hydrogen) atoms. The van der Waals surface area contributed by atoms with Gasteiger partial charge in [-0.1, -0.05) is 32.3 Å². The number of nitrogens with two attached hydrogens (primary N) is 1. The van der Waals surface area contributed by atoms with Crippen LogP contribution in [0.3, 0.4) is 0 Å². The Kier molecular flexibility index (Phi) is 7.73. The number of ether oxygens (including phenoxy) is 1. The monoisotopic (exact) mass is 278 g/mol. The molecule has 0 saturated carbocycles. The number of nitrogen functional groups attached to an aromatic ring is 1. The maximum atomic E-state index is 11.8. The summed E-state index contributed by atoms with van der Waals surface area (Å²) >= 11 is 0. The number of amides is 1. The van der Waals surface area contributed by atoms with Gasteiger partial charge in [0.25, 0.3) is 0 Å². The quantitative estimate of drug-likeness (QED) is 0.536. The SMILES string of the molecule is CCCCCCOCCC(=O)Nc1cc(N)ccc1C. The van der Waals surface area contributed by atoms with Gasteiger partial charge in [-0.2, -0.15) is 0 Å². The Hall–Kier alpha value is -1.55. The van der Waals surface area contributed by atoms with Crippen molar-refractivity contribution in [1.29, 1.82) is 0 Å². The van der Waals surface area contributed by atoms with Gasteiger partial charge in [0.1, 0.15) is 0 Å². The van der Waals surface area contributed by atoms with E-state index in [1.54, 1.807) is 6.07 Å². The van der Waals surface area contributed by atoms with Gasteiger partial charge in [0, 0.05) is 18.0 Å². The lowest BCUT2D eigenvalue weighted by Crippen LogP contribution is -2.15. The van der Waals surface area contributed by atoms with E-state index in [2.05, 4.69) is 12.2 Å². The van der Waals surface area contributed by atoms with E-state index >= 15 is 0 Å². The highest BCUT2D eigenvalue weighted by Crippen LogP contribution is 2.18. The molecular weight excluding hydrogens is 252 g/mol. The van der Waals surface area contributed by atoms with Gasteiger partial charge < -0.3 is 15.8 Å². The fraction of sp³-hybridized carbons (Fsp3) is 0.562. The number of unbranched alkanes of at least 4 members (excludes halogenated alkanes) is 3. The van der Waals surface area contributed by atoms with Crippen molar-refractivity contribution in [2.24, 2.45) is 0 Å². The molecule has 0 bridgehead atoms. The molecule has 1 aromatic carbocycles. The summed E-state index contributed by atoms with van der Waals surface area (Å²) in [5.74, 6) is -0.0349. The number of carbonyl (C=O) groups is 1. The Balaban J connectivity index is 2.19. The molecule has 1 aromatic rings. The lowest BCUT2D eigenvalue weighted by molar-refractivity contribution is -0.117. The van der Waals surface area contributed by atoms with E-state index < -0.39 is 0 Å². The summed E-state index contributed by atoms with van der Waals surface area (Å²) in [7, 11) is 0. The van der Waals surface area contributed by atoms with Crippen molar-refractivity contribution >= 4 is 17.3 Å². The summed E-state index contributed by atoms with van der Waals surface area (Å²) in [6, 6.07) is 5.50. The first kappa shape index (κ1) is 16.5. The Morgan fingerprint density at radius 2 is 2.05 bits per heavy atom. The maximum Gasteiger partial charge on any atom is 0.226 e. The van der Waals surface area contributed by atoms with Gasteiger partial charge in [-0.25, -0.2) is 0 Å². The molecule has 1 rings (SSSR count). The molecule has 0 fully saturated rings. The first-order chi connectivity index (χ1) is 9.63. The van der Waals surface area contributed by atoms with Crippen LogP contribution in [0, 0.1) is 6.92 Å². The molecule has 0 saturated heterocycles. The summed E-state index contributed by atoms with van der Waals surface area (Å²) in [5.41, 5.74) is 8.14. The van der Waals surface area contributed by atoms with Gasteiger partial charge in [-0.3, -0.25) is 4.79 Å². The topological polar surface area (TPSA) is 64.3 Å². The standard InChI is InChI=1S/C16H26N2O2/c1-3-4-5-6-10-20-11-9-16(19)18-15-12-14(17)8-7-13(15)2/h7-8,12H,3-6,9-11,17H2,1-2H3,(H,18,19). The number of hydrogen-bond donors (Lipinski definition) is 2. The predicted molar refractivity (Wildman–Crippen MR) is 83.8 cm³/mol. The first-order valence-corrected chi connectivity index (χ1v) is 7.37. The van der Waals surface area contributed by atoms with Crippen molar-refractivity contribution in [2.75, 3.05) is 24.3 Å².